The lowest BCUT2D eigenvalue weighted by molar-refractivity contribution is 0.488. The number of benzene rings is 1. The Morgan fingerprint density at radius 2 is 2.33 bits per heavy atom. The highest BCUT2D eigenvalue weighted by Crippen LogP contribution is 2.30. The highest BCUT2D eigenvalue weighted by atomic mass is 16.5. The molecule has 0 saturated heterocycles. The topological polar surface area (TPSA) is 37.9 Å². The highest BCUT2D eigenvalue weighted by Gasteiger charge is 2.11. The zero-order valence-electron chi connectivity index (χ0n) is 6.24. The first-order valence-corrected chi connectivity index (χ1v) is 3.75. The molecule has 0 unspecified atom stereocenters. The molecule has 0 aliphatic carbocycles. The van der Waals surface area contributed by atoms with Gasteiger partial charge in [-0.1, -0.05) is 6.07 Å². The molecular weight excluding hydrogens is 152 g/mol. The minimum Gasteiger partial charge on any atom is -0.464 e. The van der Waals surface area contributed by atoms with E-state index in [4.69, 9.17) is 4.74 Å². The van der Waals surface area contributed by atoms with Crippen molar-refractivity contribution in [2.75, 3.05) is 0 Å². The number of nitrogens with one attached hydrogen (secondary N) is 1. The lowest BCUT2D eigenvalue weighted by atomic mass is 10.1. The Morgan fingerprint density at radius 1 is 1.33 bits per heavy atom. The molecule has 0 bridgehead atoms. The van der Waals surface area contributed by atoms with E-state index >= 15 is 0 Å². The molecular formula is C9H6N2O. The van der Waals surface area contributed by atoms with E-state index in [0.717, 1.165) is 22.3 Å². The van der Waals surface area contributed by atoms with Gasteiger partial charge in [0, 0.05) is 6.08 Å². The Morgan fingerprint density at radius 3 is 3.33 bits per heavy atom. The van der Waals surface area contributed by atoms with Crippen molar-refractivity contribution < 1.29 is 4.74 Å². The lowest BCUT2D eigenvalue weighted by Crippen LogP contribution is -1.88. The summed E-state index contributed by atoms with van der Waals surface area (Å²) in [6.07, 6.45) is 3.50. The quantitative estimate of drug-likeness (QED) is 0.636. The monoisotopic (exact) mass is 158 g/mol. The van der Waals surface area contributed by atoms with Gasteiger partial charge in [-0.3, -0.25) is 5.10 Å². The summed E-state index contributed by atoms with van der Waals surface area (Å²) in [5.74, 6) is 0.874. The van der Waals surface area contributed by atoms with Crippen LogP contribution in [-0.4, -0.2) is 10.2 Å². The molecule has 1 aromatic heterocycles. The maximum absolute atomic E-state index is 5.31. The summed E-state index contributed by atoms with van der Waals surface area (Å²) in [6.45, 7) is 0. The molecule has 1 aromatic carbocycles. The predicted molar refractivity (Wildman–Crippen MR) is 45.8 cm³/mol. The SMILES string of the molecule is C1=Cc2n[nH]c3cccc(c23)O1. The molecule has 0 radical (unpaired) electrons. The van der Waals surface area contributed by atoms with Crippen molar-refractivity contribution in [3.05, 3.63) is 30.2 Å². The van der Waals surface area contributed by atoms with E-state index in [-0.39, 0.29) is 0 Å². The molecule has 1 N–H and O–H groups in total. The van der Waals surface area contributed by atoms with Gasteiger partial charge in [0.15, 0.2) is 0 Å². The van der Waals surface area contributed by atoms with Crippen LogP contribution in [-0.2, 0) is 0 Å². The molecule has 3 rings (SSSR count). The molecule has 3 heteroatoms. The third kappa shape index (κ3) is 0.580. The minimum absolute atomic E-state index is 0.874. The van der Waals surface area contributed by atoms with Crippen LogP contribution < -0.4 is 4.74 Å². The van der Waals surface area contributed by atoms with E-state index in [1.54, 1.807) is 6.26 Å². The molecule has 1 aliphatic heterocycles. The summed E-state index contributed by atoms with van der Waals surface area (Å²) < 4.78 is 5.31. The summed E-state index contributed by atoms with van der Waals surface area (Å²) in [5, 5.41) is 8.14. The maximum atomic E-state index is 5.31. The van der Waals surface area contributed by atoms with Crippen LogP contribution in [0.1, 0.15) is 5.69 Å². The second-order valence-electron chi connectivity index (χ2n) is 2.71. The van der Waals surface area contributed by atoms with Gasteiger partial charge in [-0.25, -0.2) is 0 Å². The molecule has 2 aromatic rings. The Balaban J connectivity index is 2.57. The Labute approximate surface area is 68.7 Å². The normalized spacial score (nSPS) is 13.3. The molecule has 0 amide bonds. The van der Waals surface area contributed by atoms with E-state index < -0.39 is 0 Å². The second-order valence-corrected chi connectivity index (χ2v) is 2.71. The van der Waals surface area contributed by atoms with Crippen LogP contribution in [0.15, 0.2) is 24.5 Å². The molecule has 3 nitrogen and oxygen atoms in total. The molecule has 0 atom stereocenters. The number of rotatable bonds is 0. The van der Waals surface area contributed by atoms with Gasteiger partial charge in [0.2, 0.25) is 0 Å². The van der Waals surface area contributed by atoms with Crippen molar-refractivity contribution in [3.8, 4) is 5.75 Å². The first-order valence-electron chi connectivity index (χ1n) is 3.75. The molecule has 0 spiro atoms. The Hall–Kier alpha value is -1.77. The average Bonchev–Trinajstić information content (AvgIpc) is 2.52. The van der Waals surface area contributed by atoms with E-state index in [2.05, 4.69) is 10.2 Å². The van der Waals surface area contributed by atoms with Gasteiger partial charge in [0.1, 0.15) is 5.75 Å². The van der Waals surface area contributed by atoms with E-state index in [0.29, 0.717) is 0 Å². The molecule has 1 aliphatic rings. The zero-order chi connectivity index (χ0) is 7.97. The second kappa shape index (κ2) is 1.88. The summed E-state index contributed by atoms with van der Waals surface area (Å²) in [6, 6.07) is 5.86. The molecule has 0 saturated carbocycles. The predicted octanol–water partition coefficient (Wildman–Crippen LogP) is 1.93. The van der Waals surface area contributed by atoms with Gasteiger partial charge in [-0.2, -0.15) is 5.10 Å². The molecule has 58 valence electrons. The number of H-pyrrole nitrogens is 1. The van der Waals surface area contributed by atoms with Crippen molar-refractivity contribution in [1.29, 1.82) is 0 Å². The fraction of sp³-hybridized carbons (Fsp3) is 0. The number of ether oxygens (including phenoxy) is 1. The van der Waals surface area contributed by atoms with Gasteiger partial charge in [-0.05, 0) is 12.1 Å². The molecule has 0 fully saturated rings. The van der Waals surface area contributed by atoms with Crippen LogP contribution in [0, 0.1) is 0 Å². The van der Waals surface area contributed by atoms with E-state index in [9.17, 15) is 0 Å². The number of hydrogen-bond acceptors (Lipinski definition) is 2. The first kappa shape index (κ1) is 5.83. The van der Waals surface area contributed by atoms with Crippen molar-refractivity contribution in [2.45, 2.75) is 0 Å². The van der Waals surface area contributed by atoms with Crippen LogP contribution >= 0.6 is 0 Å². The van der Waals surface area contributed by atoms with Crippen LogP contribution in [0.3, 0.4) is 0 Å². The maximum Gasteiger partial charge on any atom is 0.138 e. The van der Waals surface area contributed by atoms with Crippen molar-refractivity contribution >= 4 is 17.0 Å². The number of nitrogens with zero attached hydrogens (tertiary/aromatic N) is 1. The fourth-order valence-electron chi connectivity index (χ4n) is 1.46. The average molecular weight is 158 g/mol. The Kier molecular flexibility index (Phi) is 0.913. The minimum atomic E-state index is 0.874. The van der Waals surface area contributed by atoms with E-state index in [1.807, 2.05) is 24.3 Å². The summed E-state index contributed by atoms with van der Waals surface area (Å²) >= 11 is 0. The van der Waals surface area contributed by atoms with Crippen molar-refractivity contribution in [1.82, 2.24) is 10.2 Å². The largest absolute Gasteiger partial charge is 0.464 e. The highest BCUT2D eigenvalue weighted by molar-refractivity contribution is 5.93. The Bertz CT molecular complexity index is 470. The zero-order valence-corrected chi connectivity index (χ0v) is 6.24. The molecule has 2 heterocycles. The van der Waals surface area contributed by atoms with E-state index in [1.165, 1.54) is 0 Å². The standard InChI is InChI=1S/C9H6N2O/c1-2-6-9-7(11-10-6)4-5-12-8(9)3-1/h1-5H,(H,10,11). The van der Waals surface area contributed by atoms with Gasteiger partial charge < -0.3 is 4.74 Å². The van der Waals surface area contributed by atoms with Crippen LogP contribution in [0.4, 0.5) is 0 Å². The van der Waals surface area contributed by atoms with Gasteiger partial charge in [-0.15, -0.1) is 0 Å². The van der Waals surface area contributed by atoms with Gasteiger partial charge >= 0.3 is 0 Å². The lowest BCUT2D eigenvalue weighted by Gasteiger charge is -2.05. The number of hydrogen-bond donors (Lipinski definition) is 1. The van der Waals surface area contributed by atoms with Crippen LogP contribution in [0.25, 0.3) is 17.0 Å². The van der Waals surface area contributed by atoms with Crippen LogP contribution in [0.5, 0.6) is 5.75 Å². The number of aromatic amines is 1. The molecule has 12 heavy (non-hydrogen) atoms. The van der Waals surface area contributed by atoms with Crippen molar-refractivity contribution in [2.24, 2.45) is 0 Å². The van der Waals surface area contributed by atoms with Gasteiger partial charge in [0.05, 0.1) is 22.9 Å². The van der Waals surface area contributed by atoms with Gasteiger partial charge in [0.25, 0.3) is 0 Å². The summed E-state index contributed by atoms with van der Waals surface area (Å²) in [4.78, 5) is 0. The smallest absolute Gasteiger partial charge is 0.138 e. The third-order valence-electron chi connectivity index (χ3n) is 2.00. The number of aromatic nitrogens is 2. The van der Waals surface area contributed by atoms with Crippen LogP contribution in [0.2, 0.25) is 0 Å². The summed E-state index contributed by atoms with van der Waals surface area (Å²) in [5.41, 5.74) is 1.97. The van der Waals surface area contributed by atoms with Crippen molar-refractivity contribution in [3.63, 3.8) is 0 Å². The fourth-order valence-corrected chi connectivity index (χ4v) is 1.46. The third-order valence-corrected chi connectivity index (χ3v) is 2.00. The first-order chi connectivity index (χ1) is 5.95. The summed E-state index contributed by atoms with van der Waals surface area (Å²) in [7, 11) is 0.